The first-order valence-electron chi connectivity index (χ1n) is 7.62. The van der Waals surface area contributed by atoms with E-state index in [1.807, 2.05) is 63.4 Å². The maximum atomic E-state index is 12.4. The molecular formula is C17H23N5O2. The van der Waals surface area contributed by atoms with Crippen molar-refractivity contribution in [1.82, 2.24) is 9.97 Å². The molecule has 1 atom stereocenters. The van der Waals surface area contributed by atoms with E-state index in [1.54, 1.807) is 18.0 Å². The molecule has 24 heavy (non-hydrogen) atoms. The number of rotatable bonds is 6. The van der Waals surface area contributed by atoms with Crippen molar-refractivity contribution in [3.8, 4) is 5.75 Å². The summed E-state index contributed by atoms with van der Waals surface area (Å²) >= 11 is 0. The molecule has 1 unspecified atom stereocenters. The number of aromatic nitrogens is 2. The van der Waals surface area contributed by atoms with E-state index in [0.717, 1.165) is 0 Å². The Morgan fingerprint density at radius 3 is 2.38 bits per heavy atom. The van der Waals surface area contributed by atoms with Gasteiger partial charge >= 0.3 is 0 Å². The molecule has 0 fully saturated rings. The van der Waals surface area contributed by atoms with Gasteiger partial charge in [0.2, 0.25) is 5.95 Å². The second kappa shape index (κ2) is 7.63. The molecule has 1 aromatic heterocycles. The Morgan fingerprint density at radius 2 is 1.79 bits per heavy atom. The van der Waals surface area contributed by atoms with Crippen molar-refractivity contribution in [1.29, 1.82) is 0 Å². The molecule has 1 heterocycles. The lowest BCUT2D eigenvalue weighted by Crippen LogP contribution is -2.31. The zero-order valence-corrected chi connectivity index (χ0v) is 14.6. The van der Waals surface area contributed by atoms with Crippen molar-refractivity contribution in [2.24, 2.45) is 0 Å². The minimum absolute atomic E-state index is 0.261. The summed E-state index contributed by atoms with van der Waals surface area (Å²) < 4.78 is 5.64. The van der Waals surface area contributed by atoms with Gasteiger partial charge in [-0.3, -0.25) is 4.79 Å². The van der Waals surface area contributed by atoms with Crippen LogP contribution in [0.5, 0.6) is 5.75 Å². The third-order valence-electron chi connectivity index (χ3n) is 3.26. The molecule has 0 bridgehead atoms. The highest BCUT2D eigenvalue weighted by Crippen LogP contribution is 2.23. The van der Waals surface area contributed by atoms with Gasteiger partial charge in [0.1, 0.15) is 11.4 Å². The van der Waals surface area contributed by atoms with Crippen LogP contribution in [0.4, 0.5) is 17.5 Å². The van der Waals surface area contributed by atoms with Crippen molar-refractivity contribution in [2.45, 2.75) is 13.0 Å². The topological polar surface area (TPSA) is 70.6 Å². The van der Waals surface area contributed by atoms with Gasteiger partial charge in [-0.05, 0) is 19.1 Å². The monoisotopic (exact) mass is 329 g/mol. The summed E-state index contributed by atoms with van der Waals surface area (Å²) in [5.74, 6) is 1.59. The van der Waals surface area contributed by atoms with Gasteiger partial charge in [0.15, 0.2) is 11.9 Å². The third kappa shape index (κ3) is 4.34. The summed E-state index contributed by atoms with van der Waals surface area (Å²) in [5.41, 5.74) is 0.541. The van der Waals surface area contributed by atoms with Gasteiger partial charge in [0.05, 0.1) is 6.20 Å². The summed E-state index contributed by atoms with van der Waals surface area (Å²) in [7, 11) is 7.45. The first kappa shape index (κ1) is 17.5. The molecule has 0 aliphatic rings. The molecule has 0 aliphatic carbocycles. The fourth-order valence-corrected chi connectivity index (χ4v) is 2.00. The van der Waals surface area contributed by atoms with Crippen molar-refractivity contribution >= 4 is 23.4 Å². The minimum atomic E-state index is -0.643. The van der Waals surface area contributed by atoms with Crippen molar-refractivity contribution in [3.05, 3.63) is 36.5 Å². The Kier molecular flexibility index (Phi) is 5.57. The average Bonchev–Trinajstić information content (AvgIpc) is 2.55. The summed E-state index contributed by atoms with van der Waals surface area (Å²) in [6.45, 7) is 1.70. The highest BCUT2D eigenvalue weighted by Gasteiger charge is 2.18. The number of para-hydroxylation sites is 1. The van der Waals surface area contributed by atoms with Crippen LogP contribution in [0.1, 0.15) is 6.92 Å². The van der Waals surface area contributed by atoms with Crippen LogP contribution in [-0.2, 0) is 4.79 Å². The number of amides is 1. The first-order chi connectivity index (χ1) is 11.4. The first-order valence-corrected chi connectivity index (χ1v) is 7.62. The highest BCUT2D eigenvalue weighted by molar-refractivity contribution is 5.96. The number of carbonyl (C=O) groups excluding carboxylic acids is 1. The van der Waals surface area contributed by atoms with Gasteiger partial charge in [-0.25, -0.2) is 4.98 Å². The summed E-state index contributed by atoms with van der Waals surface area (Å²) in [5, 5.41) is 2.83. The van der Waals surface area contributed by atoms with Crippen LogP contribution >= 0.6 is 0 Å². The molecule has 2 aromatic rings. The zero-order valence-electron chi connectivity index (χ0n) is 14.6. The predicted octanol–water partition coefficient (Wildman–Crippen LogP) is 2.01. The summed E-state index contributed by atoms with van der Waals surface area (Å²) in [6, 6.07) is 9.23. The van der Waals surface area contributed by atoms with Crippen LogP contribution in [0.3, 0.4) is 0 Å². The van der Waals surface area contributed by atoms with Crippen LogP contribution in [0.2, 0.25) is 0 Å². The lowest BCUT2D eigenvalue weighted by atomic mass is 10.3. The van der Waals surface area contributed by atoms with E-state index in [4.69, 9.17) is 4.74 Å². The molecular weight excluding hydrogens is 306 g/mol. The number of anilines is 3. The molecule has 0 aliphatic heterocycles. The third-order valence-corrected chi connectivity index (χ3v) is 3.26. The van der Waals surface area contributed by atoms with E-state index >= 15 is 0 Å². The standard InChI is InChI=1S/C17H23N5O2/c1-12(24-13-9-7-6-8-10-13)16(23)19-14-11-18-17(22(4)5)20-15(14)21(2)3/h6-12H,1-5H3,(H,19,23). The SMILES string of the molecule is CC(Oc1ccccc1)C(=O)Nc1cnc(N(C)C)nc1N(C)C. The summed E-state index contributed by atoms with van der Waals surface area (Å²) in [6.07, 6.45) is 0.959. The van der Waals surface area contributed by atoms with Gasteiger partial charge in [0, 0.05) is 28.2 Å². The molecule has 0 radical (unpaired) electrons. The largest absolute Gasteiger partial charge is 0.481 e. The van der Waals surface area contributed by atoms with E-state index in [2.05, 4.69) is 15.3 Å². The minimum Gasteiger partial charge on any atom is -0.481 e. The molecule has 0 saturated heterocycles. The number of carbonyl (C=O) groups is 1. The fourth-order valence-electron chi connectivity index (χ4n) is 2.00. The number of nitrogens with one attached hydrogen (secondary N) is 1. The molecule has 7 nitrogen and oxygen atoms in total. The van der Waals surface area contributed by atoms with Gasteiger partial charge < -0.3 is 19.9 Å². The molecule has 1 amide bonds. The molecule has 2 rings (SSSR count). The van der Waals surface area contributed by atoms with Crippen LogP contribution < -0.4 is 19.9 Å². The van der Waals surface area contributed by atoms with Crippen LogP contribution in [0.25, 0.3) is 0 Å². The Labute approximate surface area is 142 Å². The van der Waals surface area contributed by atoms with Crippen molar-refractivity contribution in [2.75, 3.05) is 43.3 Å². The number of ether oxygens (including phenoxy) is 1. The number of hydrogen-bond donors (Lipinski definition) is 1. The Balaban J connectivity index is 2.13. The highest BCUT2D eigenvalue weighted by atomic mass is 16.5. The van der Waals surface area contributed by atoms with Crippen molar-refractivity contribution in [3.63, 3.8) is 0 Å². The maximum absolute atomic E-state index is 12.4. The van der Waals surface area contributed by atoms with Gasteiger partial charge in [0.25, 0.3) is 5.91 Å². The van der Waals surface area contributed by atoms with Gasteiger partial charge in [-0.1, -0.05) is 18.2 Å². The van der Waals surface area contributed by atoms with Crippen LogP contribution in [-0.4, -0.2) is 50.2 Å². The molecule has 7 heteroatoms. The fraction of sp³-hybridized carbons (Fsp3) is 0.353. The number of benzene rings is 1. The van der Waals surface area contributed by atoms with Crippen molar-refractivity contribution < 1.29 is 9.53 Å². The number of hydrogen-bond acceptors (Lipinski definition) is 6. The smallest absolute Gasteiger partial charge is 0.265 e. The normalized spacial score (nSPS) is 11.5. The molecule has 128 valence electrons. The Bertz CT molecular complexity index is 689. The molecule has 0 spiro atoms. The summed E-state index contributed by atoms with van der Waals surface area (Å²) in [4.78, 5) is 24.7. The lowest BCUT2D eigenvalue weighted by molar-refractivity contribution is -0.122. The second-order valence-electron chi connectivity index (χ2n) is 5.76. The van der Waals surface area contributed by atoms with E-state index in [-0.39, 0.29) is 5.91 Å². The van der Waals surface area contributed by atoms with E-state index < -0.39 is 6.10 Å². The molecule has 0 saturated carbocycles. The maximum Gasteiger partial charge on any atom is 0.265 e. The van der Waals surface area contributed by atoms with Gasteiger partial charge in [-0.2, -0.15) is 4.98 Å². The van der Waals surface area contributed by atoms with E-state index in [0.29, 0.717) is 23.2 Å². The quantitative estimate of drug-likeness (QED) is 0.874. The van der Waals surface area contributed by atoms with Gasteiger partial charge in [-0.15, -0.1) is 0 Å². The van der Waals surface area contributed by atoms with E-state index in [1.165, 1.54) is 0 Å². The molecule has 1 aromatic carbocycles. The predicted molar refractivity (Wildman–Crippen MR) is 95.8 cm³/mol. The second-order valence-corrected chi connectivity index (χ2v) is 5.76. The Hall–Kier alpha value is -2.83. The van der Waals surface area contributed by atoms with Crippen LogP contribution in [0.15, 0.2) is 36.5 Å². The zero-order chi connectivity index (χ0) is 17.7. The number of nitrogens with zero attached hydrogens (tertiary/aromatic N) is 4. The average molecular weight is 329 g/mol. The van der Waals surface area contributed by atoms with Crippen LogP contribution in [0, 0.1) is 0 Å². The lowest BCUT2D eigenvalue weighted by Gasteiger charge is -2.20. The van der Waals surface area contributed by atoms with E-state index in [9.17, 15) is 4.79 Å². The molecule has 1 N–H and O–H groups in total. The Morgan fingerprint density at radius 1 is 1.12 bits per heavy atom.